The summed E-state index contributed by atoms with van der Waals surface area (Å²) >= 11 is 0. The van der Waals surface area contributed by atoms with E-state index >= 15 is 0 Å². The van der Waals surface area contributed by atoms with Crippen molar-refractivity contribution in [3.63, 3.8) is 0 Å². The fraction of sp³-hybridized carbons (Fsp3) is 0.167. The minimum Gasteiger partial charge on any atom is -0.478 e. The van der Waals surface area contributed by atoms with Crippen molar-refractivity contribution in [3.8, 4) is 11.1 Å². The van der Waals surface area contributed by atoms with E-state index in [4.69, 9.17) is 0 Å². The summed E-state index contributed by atoms with van der Waals surface area (Å²) in [6.45, 7) is 6.70. The molecule has 0 radical (unpaired) electrons. The summed E-state index contributed by atoms with van der Waals surface area (Å²) in [6.07, 6.45) is 3.34. The van der Waals surface area contributed by atoms with E-state index in [-0.39, 0.29) is 5.41 Å². The van der Waals surface area contributed by atoms with Gasteiger partial charge in [0.2, 0.25) is 0 Å². The number of carboxylic acids is 1. The Morgan fingerprint density at radius 1 is 0.844 bits per heavy atom. The highest BCUT2D eigenvalue weighted by atomic mass is 16.4. The number of rotatable bonds is 3. The van der Waals surface area contributed by atoms with Crippen molar-refractivity contribution in [2.75, 3.05) is 0 Å². The van der Waals surface area contributed by atoms with Crippen molar-refractivity contribution in [2.24, 2.45) is 0 Å². The van der Waals surface area contributed by atoms with Gasteiger partial charge >= 0.3 is 5.97 Å². The van der Waals surface area contributed by atoms with Crippen LogP contribution in [0.1, 0.15) is 52.9 Å². The first kappa shape index (κ1) is 20.3. The molecule has 0 heterocycles. The maximum absolute atomic E-state index is 11.9. The van der Waals surface area contributed by atoms with Crippen LogP contribution in [0.2, 0.25) is 0 Å². The molecule has 1 aliphatic carbocycles. The van der Waals surface area contributed by atoms with E-state index in [0.717, 1.165) is 28.3 Å². The van der Waals surface area contributed by atoms with E-state index in [1.165, 1.54) is 27.8 Å². The van der Waals surface area contributed by atoms with E-state index < -0.39 is 5.97 Å². The summed E-state index contributed by atoms with van der Waals surface area (Å²) in [5.74, 6) is -0.906. The number of aromatic carboxylic acids is 1. The molecule has 0 saturated heterocycles. The molecular formula is C30H26O2. The predicted octanol–water partition coefficient (Wildman–Crippen LogP) is 7.63. The molecule has 0 bridgehead atoms. The Kier molecular flexibility index (Phi) is 4.74. The van der Waals surface area contributed by atoms with Gasteiger partial charge in [0.15, 0.2) is 0 Å². The summed E-state index contributed by atoms with van der Waals surface area (Å²) in [6, 6.07) is 26.7. The summed E-state index contributed by atoms with van der Waals surface area (Å²) < 4.78 is 0. The number of fused-ring (bicyclic) bond motifs is 2. The maximum Gasteiger partial charge on any atom is 0.336 e. The van der Waals surface area contributed by atoms with Gasteiger partial charge in [-0.25, -0.2) is 4.79 Å². The Morgan fingerprint density at radius 3 is 2.31 bits per heavy atom. The molecule has 32 heavy (non-hydrogen) atoms. The van der Waals surface area contributed by atoms with Crippen LogP contribution in [0.3, 0.4) is 0 Å². The molecule has 0 aromatic heterocycles. The van der Waals surface area contributed by atoms with Crippen LogP contribution in [-0.4, -0.2) is 11.1 Å². The van der Waals surface area contributed by atoms with Crippen molar-refractivity contribution in [1.29, 1.82) is 0 Å². The van der Waals surface area contributed by atoms with E-state index in [2.05, 4.69) is 69.3 Å². The molecule has 4 aromatic rings. The molecule has 1 N–H and O–H groups in total. The molecular weight excluding hydrogens is 392 g/mol. The zero-order chi connectivity index (χ0) is 22.5. The van der Waals surface area contributed by atoms with Crippen LogP contribution in [0.25, 0.3) is 27.5 Å². The second kappa shape index (κ2) is 7.49. The Hall–Kier alpha value is -3.65. The van der Waals surface area contributed by atoms with E-state index in [1.807, 2.05) is 24.3 Å². The number of benzene rings is 4. The Labute approximate surface area is 188 Å². The predicted molar refractivity (Wildman–Crippen MR) is 132 cm³/mol. The number of allylic oxidation sites excluding steroid dienone is 1. The lowest BCUT2D eigenvalue weighted by molar-refractivity contribution is 0.0697. The van der Waals surface area contributed by atoms with Crippen molar-refractivity contribution in [2.45, 2.75) is 32.6 Å². The van der Waals surface area contributed by atoms with E-state index in [9.17, 15) is 9.90 Å². The number of carbonyl (C=O) groups is 1. The third-order valence-corrected chi connectivity index (χ3v) is 6.66. The molecule has 5 rings (SSSR count). The number of aryl methyl sites for hydroxylation is 1. The standard InChI is InChI=1S/C30H26O2/c1-19-11-13-20(14-12-19)22-15-16-30(2,3)28-17-21-7-6-10-24(26(21)18-27(22)28)23-8-4-5-9-25(23)29(31)32/h4-15,17-18H,16H2,1-3H3,(H,31,32). The van der Waals surface area contributed by atoms with Gasteiger partial charge in [0.1, 0.15) is 0 Å². The molecule has 0 atom stereocenters. The number of hydrogen-bond donors (Lipinski definition) is 1. The van der Waals surface area contributed by atoms with Crippen LogP contribution in [0.15, 0.2) is 84.9 Å². The molecule has 1 aliphatic rings. The van der Waals surface area contributed by atoms with Gasteiger partial charge in [0.05, 0.1) is 5.56 Å². The third kappa shape index (κ3) is 3.33. The summed E-state index contributed by atoms with van der Waals surface area (Å²) in [4.78, 5) is 11.9. The smallest absolute Gasteiger partial charge is 0.336 e. The Bertz CT molecular complexity index is 1390. The van der Waals surface area contributed by atoms with Gasteiger partial charge in [0, 0.05) is 0 Å². The van der Waals surface area contributed by atoms with Crippen molar-refractivity contribution >= 4 is 22.3 Å². The quantitative estimate of drug-likeness (QED) is 0.371. The Balaban J connectivity index is 1.79. The van der Waals surface area contributed by atoms with Crippen LogP contribution >= 0.6 is 0 Å². The van der Waals surface area contributed by atoms with Gasteiger partial charge < -0.3 is 5.11 Å². The second-order valence-electron chi connectivity index (χ2n) is 9.35. The van der Waals surface area contributed by atoms with Crippen LogP contribution in [-0.2, 0) is 5.41 Å². The summed E-state index contributed by atoms with van der Waals surface area (Å²) in [7, 11) is 0. The molecule has 2 heteroatoms. The van der Waals surface area contributed by atoms with Crippen molar-refractivity contribution in [3.05, 3.63) is 113 Å². The van der Waals surface area contributed by atoms with Crippen LogP contribution in [0.4, 0.5) is 0 Å². The average Bonchev–Trinajstić information content (AvgIpc) is 2.79. The van der Waals surface area contributed by atoms with Crippen LogP contribution in [0.5, 0.6) is 0 Å². The molecule has 0 aliphatic heterocycles. The first-order valence-corrected chi connectivity index (χ1v) is 11.0. The monoisotopic (exact) mass is 418 g/mol. The fourth-order valence-corrected chi connectivity index (χ4v) is 4.83. The highest BCUT2D eigenvalue weighted by molar-refractivity contribution is 6.05. The topological polar surface area (TPSA) is 37.3 Å². The van der Waals surface area contributed by atoms with Gasteiger partial charge in [-0.05, 0) is 81.1 Å². The van der Waals surface area contributed by atoms with Crippen LogP contribution in [0, 0.1) is 6.92 Å². The SMILES string of the molecule is Cc1ccc(C2=CCC(C)(C)c3cc4cccc(-c5ccccc5C(=O)O)c4cc32)cc1. The normalized spacial score (nSPS) is 14.7. The van der Waals surface area contributed by atoms with Gasteiger partial charge in [-0.3, -0.25) is 0 Å². The first-order valence-electron chi connectivity index (χ1n) is 11.0. The lowest BCUT2D eigenvalue weighted by Gasteiger charge is -2.33. The molecule has 0 saturated carbocycles. The van der Waals surface area contributed by atoms with Crippen LogP contribution < -0.4 is 0 Å². The minimum absolute atomic E-state index is 0.0344. The Morgan fingerprint density at radius 2 is 1.56 bits per heavy atom. The molecule has 158 valence electrons. The summed E-state index contributed by atoms with van der Waals surface area (Å²) in [5, 5.41) is 12.0. The molecule has 4 aromatic carbocycles. The number of carboxylic acid groups (broad SMARTS) is 1. The molecule has 0 spiro atoms. The average molecular weight is 419 g/mol. The van der Waals surface area contributed by atoms with E-state index in [0.29, 0.717) is 5.56 Å². The second-order valence-corrected chi connectivity index (χ2v) is 9.35. The molecule has 0 amide bonds. The lowest BCUT2D eigenvalue weighted by Crippen LogP contribution is -2.22. The maximum atomic E-state index is 11.9. The first-order chi connectivity index (χ1) is 15.3. The van der Waals surface area contributed by atoms with Gasteiger partial charge in [-0.2, -0.15) is 0 Å². The van der Waals surface area contributed by atoms with E-state index in [1.54, 1.807) is 12.1 Å². The highest BCUT2D eigenvalue weighted by Gasteiger charge is 2.29. The lowest BCUT2D eigenvalue weighted by atomic mass is 9.71. The third-order valence-electron chi connectivity index (χ3n) is 6.66. The molecule has 0 fully saturated rings. The summed E-state index contributed by atoms with van der Waals surface area (Å²) in [5.41, 5.74) is 8.36. The zero-order valence-corrected chi connectivity index (χ0v) is 18.6. The minimum atomic E-state index is -0.906. The zero-order valence-electron chi connectivity index (χ0n) is 18.6. The van der Waals surface area contributed by atoms with Gasteiger partial charge in [0.25, 0.3) is 0 Å². The highest BCUT2D eigenvalue weighted by Crippen LogP contribution is 2.44. The van der Waals surface area contributed by atoms with Crippen molar-refractivity contribution in [1.82, 2.24) is 0 Å². The molecule has 2 nitrogen and oxygen atoms in total. The number of hydrogen-bond acceptors (Lipinski definition) is 1. The fourth-order valence-electron chi connectivity index (χ4n) is 4.83. The molecule has 0 unspecified atom stereocenters. The van der Waals surface area contributed by atoms with Gasteiger partial charge in [-0.1, -0.05) is 86.2 Å². The van der Waals surface area contributed by atoms with Crippen molar-refractivity contribution < 1.29 is 9.90 Å². The van der Waals surface area contributed by atoms with Gasteiger partial charge in [-0.15, -0.1) is 0 Å². The largest absolute Gasteiger partial charge is 0.478 e.